The smallest absolute Gasteiger partial charge is 0.0585 e. The van der Waals surface area contributed by atoms with Gasteiger partial charge < -0.3 is 4.98 Å². The van der Waals surface area contributed by atoms with Crippen LogP contribution in [-0.2, 0) is 6.42 Å². The van der Waals surface area contributed by atoms with Crippen LogP contribution >= 0.6 is 12.2 Å². The summed E-state index contributed by atoms with van der Waals surface area (Å²) in [5.74, 6) is 0. The molecule has 1 heterocycles. The van der Waals surface area contributed by atoms with E-state index >= 15 is 0 Å². The molecule has 0 atom stereocenters. The zero-order valence-corrected chi connectivity index (χ0v) is 8.32. The molecule has 0 fully saturated rings. The molecular weight excluding hydrogens is 192 g/mol. The number of H-pyrrole nitrogens is 1. The standard InChI is InChI=1S/C11H8N2S/c14-8-12-6-5-9-7-13-11-4-2-1-3-10(9)11/h3-4,7,13H,5-6H2. The summed E-state index contributed by atoms with van der Waals surface area (Å²) < 4.78 is 0. The fraction of sp³-hybridized carbons (Fsp3) is 0.182. The lowest BCUT2D eigenvalue weighted by Crippen LogP contribution is -1.90. The predicted octanol–water partition coefficient (Wildman–Crippen LogP) is 2.45. The molecule has 1 N–H and O–H groups in total. The van der Waals surface area contributed by atoms with Gasteiger partial charge in [-0.05, 0) is 30.3 Å². The van der Waals surface area contributed by atoms with Crippen molar-refractivity contribution in [2.75, 3.05) is 6.54 Å². The lowest BCUT2D eigenvalue weighted by molar-refractivity contribution is 0.976. The number of aliphatic imine (C=N–C) groups is 1. The van der Waals surface area contributed by atoms with Gasteiger partial charge in [0.15, 0.2) is 0 Å². The summed E-state index contributed by atoms with van der Waals surface area (Å²) >= 11 is 4.51. The summed E-state index contributed by atoms with van der Waals surface area (Å²) in [6.07, 6.45) is 6.69. The van der Waals surface area contributed by atoms with Crippen LogP contribution in [0.2, 0.25) is 0 Å². The number of isothiocyanates is 1. The van der Waals surface area contributed by atoms with Crippen molar-refractivity contribution in [1.29, 1.82) is 0 Å². The van der Waals surface area contributed by atoms with Crippen molar-refractivity contribution in [3.8, 4) is 0 Å². The molecule has 2 rings (SSSR count). The molecule has 0 spiro atoms. The Morgan fingerprint density at radius 1 is 1.43 bits per heavy atom. The Kier molecular flexibility index (Phi) is 2.60. The van der Waals surface area contributed by atoms with Gasteiger partial charge in [0.1, 0.15) is 0 Å². The number of hydrogen-bond acceptors (Lipinski definition) is 2. The largest absolute Gasteiger partial charge is 0.360 e. The van der Waals surface area contributed by atoms with Crippen LogP contribution in [0.5, 0.6) is 0 Å². The molecule has 0 saturated carbocycles. The number of nitrogens with zero attached hydrogens (tertiary/aromatic N) is 1. The minimum Gasteiger partial charge on any atom is -0.360 e. The average Bonchev–Trinajstić information content (AvgIpc) is 2.63. The summed E-state index contributed by atoms with van der Waals surface area (Å²) in [5.41, 5.74) is 9.35. The van der Waals surface area contributed by atoms with Gasteiger partial charge in [0, 0.05) is 17.8 Å². The first-order chi connectivity index (χ1) is 6.92. The summed E-state index contributed by atoms with van der Waals surface area (Å²) in [6, 6.07) is 0. The van der Waals surface area contributed by atoms with Gasteiger partial charge in [-0.1, -0.05) is 11.5 Å². The first-order valence-electron chi connectivity index (χ1n) is 4.33. The van der Waals surface area contributed by atoms with Gasteiger partial charge in [-0.3, -0.25) is 0 Å². The maximum absolute atomic E-state index is 4.51. The van der Waals surface area contributed by atoms with Crippen LogP contribution in [0.3, 0.4) is 0 Å². The quantitative estimate of drug-likeness (QED) is 0.460. The normalized spacial score (nSPS) is 11.1. The van der Waals surface area contributed by atoms with Crippen molar-refractivity contribution in [3.05, 3.63) is 34.5 Å². The van der Waals surface area contributed by atoms with E-state index in [-0.39, 0.29) is 0 Å². The average molecular weight is 200 g/mol. The van der Waals surface area contributed by atoms with Crippen LogP contribution in [0, 0.1) is 0 Å². The van der Waals surface area contributed by atoms with Crippen molar-refractivity contribution in [2.45, 2.75) is 6.42 Å². The van der Waals surface area contributed by atoms with E-state index in [4.69, 9.17) is 0 Å². The number of fused-ring (bicyclic) bond motifs is 1. The maximum atomic E-state index is 4.51. The molecule has 0 bridgehead atoms. The van der Waals surface area contributed by atoms with E-state index in [1.54, 1.807) is 0 Å². The van der Waals surface area contributed by atoms with Gasteiger partial charge in [0.2, 0.25) is 0 Å². The fourth-order valence-electron chi connectivity index (χ4n) is 1.44. The summed E-state index contributed by atoms with van der Waals surface area (Å²) in [7, 11) is 0. The van der Waals surface area contributed by atoms with Crippen molar-refractivity contribution in [2.24, 2.45) is 4.99 Å². The lowest BCUT2D eigenvalue weighted by atomic mass is 10.1. The minimum absolute atomic E-state index is 0.690. The molecule has 0 aliphatic heterocycles. The highest BCUT2D eigenvalue weighted by molar-refractivity contribution is 7.78. The Morgan fingerprint density at radius 3 is 3.14 bits per heavy atom. The predicted molar refractivity (Wildman–Crippen MR) is 60.3 cm³/mol. The number of hydrogen-bond donors (Lipinski definition) is 1. The number of nitrogens with one attached hydrogen (secondary N) is 1. The topological polar surface area (TPSA) is 28.1 Å². The zero-order chi connectivity index (χ0) is 9.80. The van der Waals surface area contributed by atoms with Gasteiger partial charge in [-0.25, -0.2) is 4.99 Å². The minimum atomic E-state index is 0.690. The van der Waals surface area contributed by atoms with E-state index in [0.717, 1.165) is 12.1 Å². The first-order valence-corrected chi connectivity index (χ1v) is 4.74. The number of aromatic nitrogens is 1. The van der Waals surface area contributed by atoms with Crippen LogP contribution in [-0.4, -0.2) is 16.7 Å². The van der Waals surface area contributed by atoms with Crippen LogP contribution in [0.1, 0.15) is 16.8 Å². The van der Waals surface area contributed by atoms with Crippen LogP contribution in [0.15, 0.2) is 22.7 Å². The highest BCUT2D eigenvalue weighted by atomic mass is 32.1. The second kappa shape index (κ2) is 4.06. The van der Waals surface area contributed by atoms with Crippen molar-refractivity contribution in [3.63, 3.8) is 0 Å². The number of aromatic amines is 1. The van der Waals surface area contributed by atoms with Crippen molar-refractivity contribution < 1.29 is 0 Å². The third kappa shape index (κ3) is 1.67. The Bertz CT molecular complexity index is 491. The number of rotatable bonds is 3. The summed E-state index contributed by atoms with van der Waals surface area (Å²) in [5, 5.41) is 2.36. The third-order valence-corrected chi connectivity index (χ3v) is 2.24. The second-order valence-corrected chi connectivity index (χ2v) is 3.12. The molecule has 1 aliphatic carbocycles. The molecule has 2 nitrogen and oxygen atoms in total. The molecule has 0 amide bonds. The molecule has 1 aromatic heterocycles. The maximum Gasteiger partial charge on any atom is 0.0585 e. The lowest BCUT2D eigenvalue weighted by Gasteiger charge is -1.97. The SMILES string of the molecule is S=C=NCCc1c[nH]c2c1C=C=C=C2. The highest BCUT2D eigenvalue weighted by Crippen LogP contribution is 2.19. The molecule has 0 radical (unpaired) electrons. The molecule has 14 heavy (non-hydrogen) atoms. The van der Waals surface area contributed by atoms with E-state index in [0.29, 0.717) is 6.54 Å². The molecule has 0 aromatic carbocycles. The highest BCUT2D eigenvalue weighted by Gasteiger charge is 2.07. The Balaban J connectivity index is 2.22. The summed E-state index contributed by atoms with van der Waals surface area (Å²) in [4.78, 5) is 7.06. The van der Waals surface area contributed by atoms with Gasteiger partial charge in [0.25, 0.3) is 0 Å². The first kappa shape index (κ1) is 8.96. The van der Waals surface area contributed by atoms with E-state index in [9.17, 15) is 0 Å². The summed E-state index contributed by atoms with van der Waals surface area (Å²) in [6.45, 7) is 0.690. The van der Waals surface area contributed by atoms with E-state index < -0.39 is 0 Å². The third-order valence-electron chi connectivity index (χ3n) is 2.11. The molecule has 68 valence electrons. The molecule has 0 unspecified atom stereocenters. The molecule has 1 aromatic rings. The van der Waals surface area contributed by atoms with E-state index in [2.05, 4.69) is 38.8 Å². The Labute approximate surface area is 87.4 Å². The van der Waals surface area contributed by atoms with Gasteiger partial charge in [-0.2, -0.15) is 0 Å². The van der Waals surface area contributed by atoms with E-state index in [1.165, 1.54) is 11.1 Å². The van der Waals surface area contributed by atoms with Crippen LogP contribution in [0.25, 0.3) is 12.2 Å². The zero-order valence-electron chi connectivity index (χ0n) is 7.50. The van der Waals surface area contributed by atoms with Crippen molar-refractivity contribution in [1.82, 2.24) is 4.98 Å². The van der Waals surface area contributed by atoms with Crippen molar-refractivity contribution >= 4 is 29.5 Å². The van der Waals surface area contributed by atoms with E-state index in [1.807, 2.05) is 18.3 Å². The monoisotopic (exact) mass is 200 g/mol. The van der Waals surface area contributed by atoms with Gasteiger partial charge >= 0.3 is 0 Å². The molecular formula is C11H8N2S. The van der Waals surface area contributed by atoms with Gasteiger partial charge in [-0.15, -0.1) is 0 Å². The second-order valence-electron chi connectivity index (χ2n) is 2.94. The Hall–Kier alpha value is -1.62. The molecule has 1 aliphatic rings. The van der Waals surface area contributed by atoms with Gasteiger partial charge in [0.05, 0.1) is 17.4 Å². The number of thiocarbonyl (C=S) groups is 1. The molecule has 0 saturated heterocycles. The van der Waals surface area contributed by atoms with Crippen LogP contribution < -0.4 is 0 Å². The fourth-order valence-corrected chi connectivity index (χ4v) is 1.53. The molecule has 3 heteroatoms. The Morgan fingerprint density at radius 2 is 2.29 bits per heavy atom. The van der Waals surface area contributed by atoms with Crippen LogP contribution in [0.4, 0.5) is 0 Å².